The Labute approximate surface area is 209 Å². The lowest BCUT2D eigenvalue weighted by Gasteiger charge is -2.04. The molecule has 0 radical (unpaired) electrons. The Morgan fingerprint density at radius 2 is 1.71 bits per heavy atom. The molecule has 0 atom stereocenters. The van der Waals surface area contributed by atoms with Crippen molar-refractivity contribution in [2.75, 3.05) is 0 Å². The van der Waals surface area contributed by atoms with Crippen molar-refractivity contribution in [3.05, 3.63) is 99.4 Å². The Hall–Kier alpha value is -3.70. The zero-order valence-corrected chi connectivity index (χ0v) is 20.6. The van der Waals surface area contributed by atoms with Crippen LogP contribution in [0.1, 0.15) is 53.5 Å². The lowest BCUT2D eigenvalue weighted by molar-refractivity contribution is -0.136. The summed E-state index contributed by atoms with van der Waals surface area (Å²) in [6.45, 7) is 3.29. The van der Waals surface area contributed by atoms with Gasteiger partial charge in [0.1, 0.15) is 5.71 Å². The molecule has 2 aromatic carbocycles. The van der Waals surface area contributed by atoms with E-state index in [-0.39, 0.29) is 0 Å². The highest BCUT2D eigenvalue weighted by molar-refractivity contribution is 7.13. The Balaban J connectivity index is 1.36. The van der Waals surface area contributed by atoms with Gasteiger partial charge in [0.15, 0.2) is 0 Å². The van der Waals surface area contributed by atoms with Gasteiger partial charge in [-0.2, -0.15) is 0 Å². The molecule has 1 aliphatic heterocycles. The second-order valence-corrected chi connectivity index (χ2v) is 9.82. The van der Waals surface area contributed by atoms with Crippen LogP contribution >= 0.6 is 11.3 Å². The molecule has 2 aromatic heterocycles. The van der Waals surface area contributed by atoms with Crippen molar-refractivity contribution >= 4 is 52.1 Å². The van der Waals surface area contributed by atoms with E-state index in [9.17, 15) is 4.79 Å². The summed E-state index contributed by atoms with van der Waals surface area (Å²) in [5.41, 5.74) is 4.44. The maximum absolute atomic E-state index is 12.3. The molecule has 0 saturated carbocycles. The molecule has 0 saturated heterocycles. The van der Waals surface area contributed by atoms with Gasteiger partial charge >= 0.3 is 5.97 Å². The average Bonchev–Trinajstić information content (AvgIpc) is 3.59. The van der Waals surface area contributed by atoms with Gasteiger partial charge in [-0.3, -0.25) is 0 Å². The van der Waals surface area contributed by atoms with Crippen LogP contribution in [0.2, 0.25) is 0 Å². The quantitative estimate of drug-likeness (QED) is 0.139. The van der Waals surface area contributed by atoms with Crippen molar-refractivity contribution < 1.29 is 9.63 Å². The van der Waals surface area contributed by atoms with Gasteiger partial charge in [-0.15, -0.1) is 11.3 Å². The van der Waals surface area contributed by atoms with E-state index in [1.165, 1.54) is 42.1 Å². The molecule has 176 valence electrons. The summed E-state index contributed by atoms with van der Waals surface area (Å²) in [7, 11) is 0. The van der Waals surface area contributed by atoms with E-state index < -0.39 is 5.97 Å². The van der Waals surface area contributed by atoms with Crippen LogP contribution in [0.3, 0.4) is 0 Å². The number of benzene rings is 2. The molecule has 0 unspecified atom stereocenters. The number of carbonyl (C=O) groups excluding carboxylic acids is 1. The van der Waals surface area contributed by atoms with Gasteiger partial charge in [0.25, 0.3) is 0 Å². The molecule has 4 aromatic rings. The minimum atomic E-state index is -0.416. The standard InChI is InChI=1S/C30H28N2O2S/c1-2-3-4-10-19-32-21-23(26-13-8-9-14-28(26)32)15-16-24-17-18-25(35-24)20-27-29(31-34-30(27)33)22-11-6-5-7-12-22/h5-9,11-18,20-21H,2-4,10,19H2,1H3/b16-15+,27-20-. The van der Waals surface area contributed by atoms with Crippen LogP contribution in [0.15, 0.2) is 83.7 Å². The van der Waals surface area contributed by atoms with Crippen molar-refractivity contribution in [3.8, 4) is 0 Å². The van der Waals surface area contributed by atoms with Gasteiger partial charge in [0.2, 0.25) is 0 Å². The zero-order chi connectivity index (χ0) is 24.0. The van der Waals surface area contributed by atoms with E-state index in [4.69, 9.17) is 4.84 Å². The summed E-state index contributed by atoms with van der Waals surface area (Å²) in [4.78, 5) is 19.4. The topological polar surface area (TPSA) is 43.6 Å². The smallest absolute Gasteiger partial charge is 0.347 e. The number of para-hydroxylation sites is 1. The van der Waals surface area contributed by atoms with Gasteiger partial charge in [0.05, 0.1) is 5.57 Å². The van der Waals surface area contributed by atoms with Crippen LogP contribution in [-0.2, 0) is 16.2 Å². The molecule has 0 amide bonds. The highest BCUT2D eigenvalue weighted by Gasteiger charge is 2.26. The molecule has 0 aliphatic carbocycles. The summed E-state index contributed by atoms with van der Waals surface area (Å²) in [6.07, 6.45) is 13.5. The molecule has 5 rings (SSSR count). The minimum Gasteiger partial charge on any atom is -0.347 e. The van der Waals surface area contributed by atoms with Gasteiger partial charge in [-0.05, 0) is 36.8 Å². The fourth-order valence-corrected chi connectivity index (χ4v) is 5.22. The number of fused-ring (bicyclic) bond motifs is 1. The first kappa shape index (κ1) is 23.1. The van der Waals surface area contributed by atoms with Crippen molar-refractivity contribution in [3.63, 3.8) is 0 Å². The van der Waals surface area contributed by atoms with Gasteiger partial charge in [-0.1, -0.05) is 85.9 Å². The Bertz CT molecular complexity index is 1420. The monoisotopic (exact) mass is 480 g/mol. The molecular weight excluding hydrogens is 452 g/mol. The maximum Gasteiger partial charge on any atom is 0.368 e. The predicted molar refractivity (Wildman–Crippen MR) is 146 cm³/mol. The number of oxime groups is 1. The van der Waals surface area contributed by atoms with Crippen LogP contribution in [0.5, 0.6) is 0 Å². The molecular formula is C30H28N2O2S. The molecule has 0 fully saturated rings. The lowest BCUT2D eigenvalue weighted by atomic mass is 10.0. The van der Waals surface area contributed by atoms with E-state index >= 15 is 0 Å². The second-order valence-electron chi connectivity index (χ2n) is 8.67. The van der Waals surface area contributed by atoms with Gasteiger partial charge < -0.3 is 9.40 Å². The molecule has 1 aliphatic rings. The minimum absolute atomic E-state index is 0.416. The van der Waals surface area contributed by atoms with Crippen molar-refractivity contribution in [2.24, 2.45) is 5.16 Å². The Morgan fingerprint density at radius 1 is 0.914 bits per heavy atom. The number of hydrogen-bond donors (Lipinski definition) is 0. The molecule has 4 nitrogen and oxygen atoms in total. The van der Waals surface area contributed by atoms with Crippen molar-refractivity contribution in [1.29, 1.82) is 0 Å². The molecule has 5 heteroatoms. The number of thiophene rings is 1. The molecule has 0 spiro atoms. The van der Waals surface area contributed by atoms with Crippen LogP contribution in [0, 0.1) is 0 Å². The van der Waals surface area contributed by atoms with Crippen LogP contribution in [-0.4, -0.2) is 16.2 Å². The largest absolute Gasteiger partial charge is 0.368 e. The first-order valence-corrected chi connectivity index (χ1v) is 13.0. The fourth-order valence-electron chi connectivity index (χ4n) is 4.37. The number of nitrogens with zero attached hydrogens (tertiary/aromatic N) is 2. The van der Waals surface area contributed by atoms with Crippen molar-refractivity contribution in [2.45, 2.75) is 39.2 Å². The third-order valence-electron chi connectivity index (χ3n) is 6.18. The van der Waals surface area contributed by atoms with Crippen LogP contribution in [0.4, 0.5) is 0 Å². The summed E-state index contributed by atoms with van der Waals surface area (Å²) < 4.78 is 2.38. The summed E-state index contributed by atoms with van der Waals surface area (Å²) >= 11 is 1.64. The number of carbonyl (C=O) groups is 1. The Kier molecular flexibility index (Phi) is 7.05. The molecule has 3 heterocycles. The summed E-state index contributed by atoms with van der Waals surface area (Å²) in [5.74, 6) is -0.416. The zero-order valence-electron chi connectivity index (χ0n) is 19.8. The first-order chi connectivity index (χ1) is 17.2. The predicted octanol–water partition coefficient (Wildman–Crippen LogP) is 7.80. The number of rotatable bonds is 9. The number of unbranched alkanes of at least 4 members (excludes halogenated alkanes) is 3. The van der Waals surface area contributed by atoms with Gasteiger partial charge in [-0.25, -0.2) is 4.79 Å². The van der Waals surface area contributed by atoms with E-state index in [1.54, 1.807) is 11.3 Å². The molecule has 0 N–H and O–H groups in total. The van der Waals surface area contributed by atoms with E-state index in [0.717, 1.165) is 21.9 Å². The molecule has 0 bridgehead atoms. The number of hydrogen-bond acceptors (Lipinski definition) is 4. The first-order valence-electron chi connectivity index (χ1n) is 12.2. The van der Waals surface area contributed by atoms with E-state index in [2.05, 4.69) is 65.3 Å². The average molecular weight is 481 g/mol. The normalized spacial score (nSPS) is 14.8. The highest BCUT2D eigenvalue weighted by atomic mass is 32.1. The third kappa shape index (κ3) is 5.20. The highest BCUT2D eigenvalue weighted by Crippen LogP contribution is 2.28. The van der Waals surface area contributed by atoms with Crippen LogP contribution < -0.4 is 0 Å². The third-order valence-corrected chi connectivity index (χ3v) is 7.17. The maximum atomic E-state index is 12.3. The fraction of sp³-hybridized carbons (Fsp3) is 0.200. The molecule has 35 heavy (non-hydrogen) atoms. The number of aromatic nitrogens is 1. The summed E-state index contributed by atoms with van der Waals surface area (Å²) in [5, 5.41) is 5.27. The summed E-state index contributed by atoms with van der Waals surface area (Å²) in [6, 6.07) is 22.4. The van der Waals surface area contributed by atoms with E-state index in [1.807, 2.05) is 42.5 Å². The van der Waals surface area contributed by atoms with Crippen molar-refractivity contribution in [1.82, 2.24) is 4.57 Å². The lowest BCUT2D eigenvalue weighted by Crippen LogP contribution is -2.06. The Morgan fingerprint density at radius 3 is 2.57 bits per heavy atom. The second kappa shape index (κ2) is 10.7. The van der Waals surface area contributed by atoms with Gasteiger partial charge in [0, 0.05) is 44.5 Å². The number of aryl methyl sites for hydroxylation is 1. The van der Waals surface area contributed by atoms with E-state index in [0.29, 0.717) is 11.3 Å². The SMILES string of the molecule is CCCCCCn1cc(/C=C/c2ccc(/C=C3\C(=O)ON=C3c3ccccc3)s2)c2ccccc21. The van der Waals surface area contributed by atoms with Crippen LogP contribution in [0.25, 0.3) is 29.1 Å².